The summed E-state index contributed by atoms with van der Waals surface area (Å²) in [6.07, 6.45) is 3.30. The van der Waals surface area contributed by atoms with Gasteiger partial charge in [0.25, 0.3) is 0 Å². The van der Waals surface area contributed by atoms with Crippen LogP contribution in [0.15, 0.2) is 6.33 Å². The quantitative estimate of drug-likeness (QED) is 0.647. The predicted octanol–water partition coefficient (Wildman–Crippen LogP) is 0.856. The van der Waals surface area contributed by atoms with Crippen LogP contribution in [-0.4, -0.2) is 49.5 Å². The number of hydrogen-bond donors (Lipinski definition) is 4. The number of nitrogens with zero attached hydrogens (tertiary/aromatic N) is 4. The standard InChI is InChI=1S/C17H26N6O2/c1-9-10(17(4-5-17)14(25)16(9,2)7-24)6-23-8-20-11-12(19-3)21-15(18)22-13(11)23/h8-10,14,24-25H,4-7H2,1-3H3,(H3,18,19,21,22)/t9-,10+,14+,16?/m0/s1. The lowest BCUT2D eigenvalue weighted by Crippen LogP contribution is -2.37. The van der Waals surface area contributed by atoms with Crippen LogP contribution in [0.2, 0.25) is 0 Å². The van der Waals surface area contributed by atoms with E-state index in [1.165, 1.54) is 0 Å². The van der Waals surface area contributed by atoms with E-state index in [4.69, 9.17) is 5.73 Å². The minimum atomic E-state index is -0.479. The molecule has 2 aliphatic carbocycles. The van der Waals surface area contributed by atoms with Crippen LogP contribution in [0.3, 0.4) is 0 Å². The van der Waals surface area contributed by atoms with Gasteiger partial charge in [-0.2, -0.15) is 9.97 Å². The van der Waals surface area contributed by atoms with Crippen molar-refractivity contribution >= 4 is 22.9 Å². The maximum absolute atomic E-state index is 10.9. The van der Waals surface area contributed by atoms with Crippen LogP contribution >= 0.6 is 0 Å². The van der Waals surface area contributed by atoms with Gasteiger partial charge in [-0.3, -0.25) is 0 Å². The molecule has 4 atom stereocenters. The highest BCUT2D eigenvalue weighted by Gasteiger charge is 2.68. The average molecular weight is 346 g/mol. The van der Waals surface area contributed by atoms with Gasteiger partial charge in [-0.25, -0.2) is 4.98 Å². The molecule has 25 heavy (non-hydrogen) atoms. The number of aliphatic hydroxyl groups excluding tert-OH is 2. The Labute approximate surface area is 146 Å². The molecular formula is C17H26N6O2. The highest BCUT2D eigenvalue weighted by Crippen LogP contribution is 2.69. The molecule has 2 aromatic heterocycles. The molecule has 0 saturated heterocycles. The maximum atomic E-state index is 10.9. The maximum Gasteiger partial charge on any atom is 0.224 e. The van der Waals surface area contributed by atoms with Crippen molar-refractivity contribution in [1.29, 1.82) is 0 Å². The molecule has 1 unspecified atom stereocenters. The third-order valence-corrected chi connectivity index (χ3v) is 6.83. The zero-order chi connectivity index (χ0) is 18.0. The Morgan fingerprint density at radius 3 is 2.72 bits per heavy atom. The lowest BCUT2D eigenvalue weighted by Gasteiger charge is -2.31. The Bertz CT molecular complexity index is 817. The summed E-state index contributed by atoms with van der Waals surface area (Å²) in [5, 5.41) is 23.8. The van der Waals surface area contributed by atoms with E-state index in [-0.39, 0.29) is 29.8 Å². The van der Waals surface area contributed by atoms with E-state index in [1.807, 2.05) is 11.5 Å². The Morgan fingerprint density at radius 1 is 1.40 bits per heavy atom. The number of nitrogens with one attached hydrogen (secondary N) is 1. The van der Waals surface area contributed by atoms with Crippen molar-refractivity contribution in [2.45, 2.75) is 39.3 Å². The van der Waals surface area contributed by atoms with Gasteiger partial charge < -0.3 is 25.8 Å². The summed E-state index contributed by atoms with van der Waals surface area (Å²) in [7, 11) is 1.78. The monoisotopic (exact) mass is 346 g/mol. The number of hydrogen-bond acceptors (Lipinski definition) is 7. The third-order valence-electron chi connectivity index (χ3n) is 6.83. The van der Waals surface area contributed by atoms with Gasteiger partial charge >= 0.3 is 0 Å². The molecule has 1 spiro atoms. The molecule has 2 fully saturated rings. The van der Waals surface area contributed by atoms with Gasteiger partial charge in [-0.1, -0.05) is 13.8 Å². The van der Waals surface area contributed by atoms with E-state index in [0.29, 0.717) is 23.5 Å². The normalized spacial score (nSPS) is 33.2. The number of imidazole rings is 1. The van der Waals surface area contributed by atoms with Crippen LogP contribution in [0, 0.1) is 22.7 Å². The zero-order valence-corrected chi connectivity index (χ0v) is 14.9. The van der Waals surface area contributed by atoms with Gasteiger partial charge in [0.2, 0.25) is 5.95 Å². The summed E-state index contributed by atoms with van der Waals surface area (Å²) in [5.74, 6) is 1.27. The number of aromatic nitrogens is 4. The third kappa shape index (κ3) is 2.10. The number of nitrogens with two attached hydrogens (primary N) is 1. The first-order chi connectivity index (χ1) is 11.9. The lowest BCUT2D eigenvalue weighted by atomic mass is 9.78. The number of nitrogen functional groups attached to an aromatic ring is 1. The Hall–Kier alpha value is -1.93. The topological polar surface area (TPSA) is 122 Å². The molecule has 0 aromatic carbocycles. The first-order valence-electron chi connectivity index (χ1n) is 8.82. The molecule has 2 heterocycles. The minimum Gasteiger partial charge on any atom is -0.396 e. The summed E-state index contributed by atoms with van der Waals surface area (Å²) in [5.41, 5.74) is 6.66. The first kappa shape index (κ1) is 16.5. The summed E-state index contributed by atoms with van der Waals surface area (Å²) in [6.45, 7) is 4.83. The molecule has 4 rings (SSSR count). The van der Waals surface area contributed by atoms with E-state index in [2.05, 4.69) is 27.2 Å². The summed E-state index contributed by atoms with van der Waals surface area (Å²) < 4.78 is 2.01. The highest BCUT2D eigenvalue weighted by molar-refractivity contribution is 5.83. The molecular weight excluding hydrogens is 320 g/mol. The molecule has 0 aliphatic heterocycles. The molecule has 0 amide bonds. The van der Waals surface area contributed by atoms with Crippen molar-refractivity contribution < 1.29 is 10.2 Å². The van der Waals surface area contributed by atoms with Crippen molar-refractivity contribution in [3.8, 4) is 0 Å². The van der Waals surface area contributed by atoms with Crippen LogP contribution in [-0.2, 0) is 6.54 Å². The van der Waals surface area contributed by atoms with E-state index in [0.717, 1.165) is 12.8 Å². The van der Waals surface area contributed by atoms with Crippen molar-refractivity contribution in [3.05, 3.63) is 6.33 Å². The molecule has 2 saturated carbocycles. The van der Waals surface area contributed by atoms with Crippen LogP contribution < -0.4 is 11.1 Å². The van der Waals surface area contributed by atoms with Crippen molar-refractivity contribution in [2.75, 3.05) is 24.7 Å². The Kier molecular flexibility index (Phi) is 3.49. The second-order valence-corrected chi connectivity index (χ2v) is 7.94. The van der Waals surface area contributed by atoms with Gasteiger partial charge in [0.1, 0.15) is 0 Å². The second-order valence-electron chi connectivity index (χ2n) is 7.94. The molecule has 2 aliphatic rings. The molecule has 0 bridgehead atoms. The summed E-state index contributed by atoms with van der Waals surface area (Å²) in [4.78, 5) is 13.0. The van der Waals surface area contributed by atoms with Gasteiger partial charge in [0, 0.05) is 24.4 Å². The van der Waals surface area contributed by atoms with E-state index < -0.39 is 11.5 Å². The fourth-order valence-electron chi connectivity index (χ4n) is 4.91. The average Bonchev–Trinajstić information content (AvgIpc) is 3.29. The molecule has 136 valence electrons. The number of aliphatic hydroxyl groups is 2. The molecule has 0 radical (unpaired) electrons. The number of rotatable bonds is 4. The van der Waals surface area contributed by atoms with Gasteiger partial charge in [-0.05, 0) is 24.7 Å². The van der Waals surface area contributed by atoms with E-state index >= 15 is 0 Å². The number of fused-ring (bicyclic) bond motifs is 1. The zero-order valence-electron chi connectivity index (χ0n) is 14.9. The Morgan fingerprint density at radius 2 is 2.12 bits per heavy atom. The van der Waals surface area contributed by atoms with E-state index in [1.54, 1.807) is 13.4 Å². The van der Waals surface area contributed by atoms with Crippen molar-refractivity contribution in [3.63, 3.8) is 0 Å². The lowest BCUT2D eigenvalue weighted by molar-refractivity contribution is -0.0242. The summed E-state index contributed by atoms with van der Waals surface area (Å²) in [6, 6.07) is 0. The van der Waals surface area contributed by atoms with Crippen molar-refractivity contribution in [1.82, 2.24) is 19.5 Å². The smallest absolute Gasteiger partial charge is 0.224 e. The van der Waals surface area contributed by atoms with Gasteiger partial charge in [-0.15, -0.1) is 0 Å². The second kappa shape index (κ2) is 5.28. The first-order valence-corrected chi connectivity index (χ1v) is 8.82. The van der Waals surface area contributed by atoms with Gasteiger partial charge in [0.15, 0.2) is 17.0 Å². The number of anilines is 2. The Balaban J connectivity index is 1.74. The largest absolute Gasteiger partial charge is 0.396 e. The molecule has 2 aromatic rings. The van der Waals surface area contributed by atoms with Crippen LogP contribution in [0.4, 0.5) is 11.8 Å². The summed E-state index contributed by atoms with van der Waals surface area (Å²) >= 11 is 0. The van der Waals surface area contributed by atoms with Gasteiger partial charge in [0.05, 0.1) is 19.0 Å². The van der Waals surface area contributed by atoms with Crippen LogP contribution in [0.25, 0.3) is 11.2 Å². The van der Waals surface area contributed by atoms with E-state index in [9.17, 15) is 10.2 Å². The fourth-order valence-corrected chi connectivity index (χ4v) is 4.91. The SMILES string of the molecule is CNc1nc(N)nc2c1ncn2C[C@@H]1[C@H](C)C(C)(CO)[C@@H](O)C12CC2. The predicted molar refractivity (Wildman–Crippen MR) is 94.8 cm³/mol. The molecule has 8 nitrogen and oxygen atoms in total. The fraction of sp³-hybridized carbons (Fsp3) is 0.706. The van der Waals surface area contributed by atoms with Crippen LogP contribution in [0.5, 0.6) is 0 Å². The van der Waals surface area contributed by atoms with Crippen molar-refractivity contribution in [2.24, 2.45) is 22.7 Å². The van der Waals surface area contributed by atoms with Crippen LogP contribution in [0.1, 0.15) is 26.7 Å². The molecule has 5 N–H and O–H groups in total. The minimum absolute atomic E-state index is 0.00270. The molecule has 8 heteroatoms. The highest BCUT2D eigenvalue weighted by atomic mass is 16.3.